The second-order valence-electron chi connectivity index (χ2n) is 4.83. The third-order valence-electron chi connectivity index (χ3n) is 3.51. The summed E-state index contributed by atoms with van der Waals surface area (Å²) >= 11 is 0. The molecule has 2 rings (SSSR count). The van der Waals surface area contributed by atoms with Crippen LogP contribution in [-0.4, -0.2) is 24.7 Å². The number of nitrogens with one attached hydrogen (secondary N) is 1. The normalized spacial score (nSPS) is 18.8. The van der Waals surface area contributed by atoms with Crippen molar-refractivity contribution in [1.82, 2.24) is 10.3 Å². The van der Waals surface area contributed by atoms with Gasteiger partial charge in [-0.15, -0.1) is 0 Å². The predicted octanol–water partition coefficient (Wildman–Crippen LogP) is 2.69. The molecule has 1 unspecified atom stereocenters. The number of aromatic nitrogens is 1. The van der Waals surface area contributed by atoms with Gasteiger partial charge in [0.2, 0.25) is 0 Å². The molecule has 0 saturated carbocycles. The van der Waals surface area contributed by atoms with Crippen LogP contribution in [0, 0.1) is 11.7 Å². The zero-order valence-corrected chi connectivity index (χ0v) is 10.9. The third-order valence-corrected chi connectivity index (χ3v) is 3.51. The van der Waals surface area contributed by atoms with Gasteiger partial charge in [0.05, 0.1) is 11.9 Å². The molecule has 100 valence electrons. The van der Waals surface area contributed by atoms with E-state index < -0.39 is 0 Å². The van der Waals surface area contributed by atoms with Gasteiger partial charge in [0.25, 0.3) is 0 Å². The minimum atomic E-state index is -0.280. The Morgan fingerprint density at radius 1 is 1.44 bits per heavy atom. The Morgan fingerprint density at radius 3 is 2.83 bits per heavy atom. The Morgan fingerprint density at radius 2 is 2.22 bits per heavy atom. The Kier molecular flexibility index (Phi) is 5.08. The quantitative estimate of drug-likeness (QED) is 0.875. The number of halogens is 1. The van der Waals surface area contributed by atoms with Crippen LogP contribution in [0.15, 0.2) is 18.3 Å². The molecule has 0 aliphatic carbocycles. The number of nitrogens with zero attached hydrogens (tertiary/aromatic N) is 1. The van der Waals surface area contributed by atoms with Crippen LogP contribution < -0.4 is 5.32 Å². The number of pyridine rings is 1. The maximum atomic E-state index is 12.8. The lowest BCUT2D eigenvalue weighted by atomic mass is 9.99. The molecule has 4 heteroatoms. The summed E-state index contributed by atoms with van der Waals surface area (Å²) in [5.74, 6) is 0.409. The van der Waals surface area contributed by atoms with Crippen molar-refractivity contribution >= 4 is 0 Å². The molecule has 1 aromatic heterocycles. The van der Waals surface area contributed by atoms with E-state index in [0.717, 1.165) is 44.7 Å². The summed E-state index contributed by atoms with van der Waals surface area (Å²) in [4.78, 5) is 4.15. The number of rotatable bonds is 5. The van der Waals surface area contributed by atoms with E-state index >= 15 is 0 Å². The van der Waals surface area contributed by atoms with E-state index in [4.69, 9.17) is 4.74 Å². The molecule has 0 radical (unpaired) electrons. The van der Waals surface area contributed by atoms with Gasteiger partial charge in [0.15, 0.2) is 0 Å². The fourth-order valence-electron chi connectivity index (χ4n) is 2.31. The van der Waals surface area contributed by atoms with Gasteiger partial charge in [0, 0.05) is 19.3 Å². The Balaban J connectivity index is 1.86. The predicted molar refractivity (Wildman–Crippen MR) is 68.8 cm³/mol. The highest BCUT2D eigenvalue weighted by Gasteiger charge is 2.16. The average Bonchev–Trinajstić information content (AvgIpc) is 2.42. The van der Waals surface area contributed by atoms with Crippen LogP contribution in [0.1, 0.15) is 37.9 Å². The van der Waals surface area contributed by atoms with Crippen LogP contribution in [0.2, 0.25) is 0 Å². The Hall–Kier alpha value is -1.00. The molecule has 3 nitrogen and oxygen atoms in total. The lowest BCUT2D eigenvalue weighted by Gasteiger charge is -2.25. The molecule has 1 aliphatic rings. The van der Waals surface area contributed by atoms with Gasteiger partial charge in [-0.1, -0.05) is 6.92 Å². The Labute approximate surface area is 108 Å². The van der Waals surface area contributed by atoms with Crippen molar-refractivity contribution in [2.45, 2.75) is 32.2 Å². The molecule has 0 spiro atoms. The molecule has 1 N–H and O–H groups in total. The van der Waals surface area contributed by atoms with Gasteiger partial charge < -0.3 is 10.1 Å². The second kappa shape index (κ2) is 6.81. The molecule has 18 heavy (non-hydrogen) atoms. The van der Waals surface area contributed by atoms with E-state index in [1.54, 1.807) is 6.07 Å². The number of ether oxygens (including phenoxy) is 1. The first-order valence-electron chi connectivity index (χ1n) is 6.72. The number of hydrogen-bond acceptors (Lipinski definition) is 3. The maximum absolute atomic E-state index is 12.8. The van der Waals surface area contributed by atoms with Crippen molar-refractivity contribution in [2.24, 2.45) is 5.92 Å². The number of hydrogen-bond donors (Lipinski definition) is 1. The lowest BCUT2D eigenvalue weighted by molar-refractivity contribution is 0.0653. The molecule has 0 amide bonds. The van der Waals surface area contributed by atoms with E-state index in [1.807, 2.05) is 0 Å². The van der Waals surface area contributed by atoms with E-state index in [1.165, 1.54) is 12.3 Å². The van der Waals surface area contributed by atoms with Crippen molar-refractivity contribution in [3.63, 3.8) is 0 Å². The standard InChI is InChI=1S/C14H21FN2O/c1-2-13(14-4-3-12(15)10-17-14)16-9-11-5-7-18-8-6-11/h3-4,10-11,13,16H,2,5-9H2,1H3. The summed E-state index contributed by atoms with van der Waals surface area (Å²) in [6.45, 7) is 4.85. The Bertz CT molecular complexity index is 349. The summed E-state index contributed by atoms with van der Waals surface area (Å²) < 4.78 is 18.2. The van der Waals surface area contributed by atoms with Crippen LogP contribution >= 0.6 is 0 Å². The topological polar surface area (TPSA) is 34.1 Å². The van der Waals surface area contributed by atoms with Gasteiger partial charge in [-0.25, -0.2) is 4.39 Å². The van der Waals surface area contributed by atoms with Crippen molar-refractivity contribution in [3.05, 3.63) is 29.8 Å². The molecule has 1 atom stereocenters. The van der Waals surface area contributed by atoms with Crippen LogP contribution in [0.4, 0.5) is 4.39 Å². The summed E-state index contributed by atoms with van der Waals surface area (Å²) in [5.41, 5.74) is 0.922. The van der Waals surface area contributed by atoms with Crippen LogP contribution in [0.3, 0.4) is 0 Å². The van der Waals surface area contributed by atoms with Crippen molar-refractivity contribution in [3.8, 4) is 0 Å². The largest absolute Gasteiger partial charge is 0.381 e. The monoisotopic (exact) mass is 252 g/mol. The highest BCUT2D eigenvalue weighted by atomic mass is 19.1. The maximum Gasteiger partial charge on any atom is 0.141 e. The van der Waals surface area contributed by atoms with Crippen molar-refractivity contribution < 1.29 is 9.13 Å². The minimum absolute atomic E-state index is 0.216. The van der Waals surface area contributed by atoms with E-state index in [9.17, 15) is 4.39 Å². The van der Waals surface area contributed by atoms with E-state index in [-0.39, 0.29) is 11.9 Å². The molecule has 1 aliphatic heterocycles. The van der Waals surface area contributed by atoms with Crippen molar-refractivity contribution in [1.29, 1.82) is 0 Å². The zero-order valence-electron chi connectivity index (χ0n) is 10.9. The van der Waals surface area contributed by atoms with Crippen LogP contribution in [-0.2, 0) is 4.74 Å². The SMILES string of the molecule is CCC(NCC1CCOCC1)c1ccc(F)cn1. The summed E-state index contributed by atoms with van der Waals surface area (Å²) in [6, 6.07) is 3.45. The first-order chi connectivity index (χ1) is 8.79. The summed E-state index contributed by atoms with van der Waals surface area (Å²) in [6.07, 6.45) is 4.50. The summed E-state index contributed by atoms with van der Waals surface area (Å²) in [7, 11) is 0. The molecule has 2 heterocycles. The highest BCUT2D eigenvalue weighted by molar-refractivity contribution is 5.09. The van der Waals surface area contributed by atoms with Gasteiger partial charge in [0.1, 0.15) is 5.82 Å². The summed E-state index contributed by atoms with van der Waals surface area (Å²) in [5, 5.41) is 3.53. The fraction of sp³-hybridized carbons (Fsp3) is 0.643. The lowest BCUT2D eigenvalue weighted by Crippen LogP contribution is -2.30. The smallest absolute Gasteiger partial charge is 0.141 e. The second-order valence-corrected chi connectivity index (χ2v) is 4.83. The fourth-order valence-corrected chi connectivity index (χ4v) is 2.31. The van der Waals surface area contributed by atoms with Gasteiger partial charge in [-0.05, 0) is 43.9 Å². The molecule has 1 aromatic rings. The molecular weight excluding hydrogens is 231 g/mol. The van der Waals surface area contributed by atoms with Gasteiger partial charge in [-0.2, -0.15) is 0 Å². The van der Waals surface area contributed by atoms with Gasteiger partial charge >= 0.3 is 0 Å². The van der Waals surface area contributed by atoms with Crippen LogP contribution in [0.25, 0.3) is 0 Å². The third kappa shape index (κ3) is 3.75. The zero-order chi connectivity index (χ0) is 12.8. The van der Waals surface area contributed by atoms with Crippen molar-refractivity contribution in [2.75, 3.05) is 19.8 Å². The molecule has 0 aromatic carbocycles. The first kappa shape index (κ1) is 13.4. The molecule has 1 saturated heterocycles. The minimum Gasteiger partial charge on any atom is -0.381 e. The average molecular weight is 252 g/mol. The van der Waals surface area contributed by atoms with E-state index in [2.05, 4.69) is 17.2 Å². The van der Waals surface area contributed by atoms with Gasteiger partial charge in [-0.3, -0.25) is 4.98 Å². The molecule has 1 fully saturated rings. The molecule has 0 bridgehead atoms. The van der Waals surface area contributed by atoms with E-state index in [0.29, 0.717) is 5.92 Å². The molecular formula is C14H21FN2O. The highest BCUT2D eigenvalue weighted by Crippen LogP contribution is 2.18. The first-order valence-corrected chi connectivity index (χ1v) is 6.72. The van der Waals surface area contributed by atoms with Crippen LogP contribution in [0.5, 0.6) is 0 Å².